The molecular weight excluding hydrogens is 320 g/mol. The molecule has 0 aliphatic carbocycles. The van der Waals surface area contributed by atoms with Crippen LogP contribution in [0.5, 0.6) is 5.75 Å². The molecule has 0 fully saturated rings. The zero-order valence-corrected chi connectivity index (χ0v) is 13.7. The van der Waals surface area contributed by atoms with Crippen LogP contribution in [0.25, 0.3) is 11.0 Å². The average molecular weight is 338 g/mol. The number of aromatic amines is 1. The maximum atomic E-state index is 11.9. The molecule has 1 aromatic heterocycles. The molecule has 25 heavy (non-hydrogen) atoms. The van der Waals surface area contributed by atoms with Crippen molar-refractivity contribution in [2.45, 2.75) is 13.5 Å². The third kappa shape index (κ3) is 4.57. The Morgan fingerprint density at radius 2 is 1.88 bits per heavy atom. The van der Waals surface area contributed by atoms with Crippen molar-refractivity contribution < 1.29 is 14.3 Å². The highest BCUT2D eigenvalue weighted by molar-refractivity contribution is 5.88. The van der Waals surface area contributed by atoms with E-state index in [1.54, 1.807) is 24.3 Å². The van der Waals surface area contributed by atoms with E-state index < -0.39 is 0 Å². The maximum Gasteiger partial charge on any atom is 0.258 e. The number of anilines is 1. The number of aromatic nitrogens is 2. The smallest absolute Gasteiger partial charge is 0.258 e. The van der Waals surface area contributed by atoms with Gasteiger partial charge in [0.1, 0.15) is 11.6 Å². The number of ether oxygens (including phenoxy) is 1. The van der Waals surface area contributed by atoms with Crippen LogP contribution in [0.2, 0.25) is 0 Å². The number of nitrogens with one attached hydrogen (secondary N) is 3. The molecule has 0 aliphatic heterocycles. The second-order valence-corrected chi connectivity index (χ2v) is 5.47. The Bertz CT molecular complexity index is 854. The van der Waals surface area contributed by atoms with Gasteiger partial charge in [-0.25, -0.2) is 4.98 Å². The van der Waals surface area contributed by atoms with Gasteiger partial charge in [-0.05, 0) is 36.4 Å². The second kappa shape index (κ2) is 7.48. The third-order valence-electron chi connectivity index (χ3n) is 3.44. The predicted octanol–water partition coefficient (Wildman–Crippen LogP) is 2.22. The van der Waals surface area contributed by atoms with Crippen LogP contribution in [-0.2, 0) is 16.1 Å². The lowest BCUT2D eigenvalue weighted by molar-refractivity contribution is -0.123. The summed E-state index contributed by atoms with van der Waals surface area (Å²) in [6, 6.07) is 14.5. The van der Waals surface area contributed by atoms with E-state index in [0.717, 1.165) is 11.0 Å². The quantitative estimate of drug-likeness (QED) is 0.642. The van der Waals surface area contributed by atoms with Gasteiger partial charge in [0.25, 0.3) is 5.91 Å². The van der Waals surface area contributed by atoms with Crippen LogP contribution in [0, 0.1) is 0 Å². The van der Waals surface area contributed by atoms with E-state index in [1.807, 2.05) is 24.3 Å². The van der Waals surface area contributed by atoms with E-state index in [9.17, 15) is 9.59 Å². The fraction of sp³-hybridized carbons (Fsp3) is 0.167. The summed E-state index contributed by atoms with van der Waals surface area (Å²) in [4.78, 5) is 30.4. The summed E-state index contributed by atoms with van der Waals surface area (Å²) < 4.78 is 5.42. The number of hydrogen-bond acceptors (Lipinski definition) is 4. The van der Waals surface area contributed by atoms with Crippen molar-refractivity contribution in [1.29, 1.82) is 0 Å². The Labute approximate surface area is 144 Å². The fourth-order valence-corrected chi connectivity index (χ4v) is 2.31. The monoisotopic (exact) mass is 338 g/mol. The predicted molar refractivity (Wildman–Crippen MR) is 94.2 cm³/mol. The van der Waals surface area contributed by atoms with Gasteiger partial charge in [0.15, 0.2) is 6.61 Å². The molecule has 1 heterocycles. The highest BCUT2D eigenvalue weighted by Gasteiger charge is 2.06. The molecule has 3 rings (SSSR count). The molecule has 0 spiro atoms. The number of amides is 2. The zero-order valence-electron chi connectivity index (χ0n) is 13.7. The minimum Gasteiger partial charge on any atom is -0.484 e. The summed E-state index contributed by atoms with van der Waals surface area (Å²) in [6.45, 7) is 1.65. The Kier molecular flexibility index (Phi) is 4.94. The zero-order chi connectivity index (χ0) is 17.6. The molecule has 0 atom stereocenters. The molecule has 0 aliphatic rings. The summed E-state index contributed by atoms with van der Waals surface area (Å²) in [5, 5.41) is 5.42. The van der Waals surface area contributed by atoms with Crippen LogP contribution in [0.1, 0.15) is 12.7 Å². The first kappa shape index (κ1) is 16.5. The van der Waals surface area contributed by atoms with Gasteiger partial charge in [-0.1, -0.05) is 12.1 Å². The van der Waals surface area contributed by atoms with Crippen LogP contribution in [0.3, 0.4) is 0 Å². The highest BCUT2D eigenvalue weighted by atomic mass is 16.5. The van der Waals surface area contributed by atoms with Crippen molar-refractivity contribution in [2.75, 3.05) is 11.9 Å². The molecule has 7 heteroatoms. The standard InChI is InChI=1S/C18H18N4O3/c1-12(23)20-13-6-8-14(9-7-13)25-11-18(24)19-10-17-21-15-4-2-3-5-16(15)22-17/h2-9H,10-11H2,1H3,(H,19,24)(H,20,23)(H,21,22). The first-order valence-electron chi connectivity index (χ1n) is 7.81. The van der Waals surface area contributed by atoms with Gasteiger partial charge in [0.05, 0.1) is 17.6 Å². The molecule has 7 nitrogen and oxygen atoms in total. The van der Waals surface area contributed by atoms with Gasteiger partial charge in [-0.15, -0.1) is 0 Å². The molecule has 0 saturated heterocycles. The number of rotatable bonds is 6. The van der Waals surface area contributed by atoms with Gasteiger partial charge >= 0.3 is 0 Å². The minimum absolute atomic E-state index is 0.0975. The number of benzene rings is 2. The summed E-state index contributed by atoms with van der Waals surface area (Å²) in [5.74, 6) is 0.854. The summed E-state index contributed by atoms with van der Waals surface area (Å²) >= 11 is 0. The molecule has 2 aromatic carbocycles. The number of carbonyl (C=O) groups is 2. The van der Waals surface area contributed by atoms with Gasteiger partial charge < -0.3 is 20.4 Å². The second-order valence-electron chi connectivity index (χ2n) is 5.47. The van der Waals surface area contributed by atoms with Gasteiger partial charge in [0, 0.05) is 12.6 Å². The number of hydrogen-bond donors (Lipinski definition) is 3. The molecule has 2 amide bonds. The Morgan fingerprint density at radius 1 is 1.12 bits per heavy atom. The van der Waals surface area contributed by atoms with E-state index in [2.05, 4.69) is 20.6 Å². The molecule has 0 bridgehead atoms. The fourth-order valence-electron chi connectivity index (χ4n) is 2.31. The number of carbonyl (C=O) groups excluding carboxylic acids is 2. The van der Waals surface area contributed by atoms with E-state index in [1.165, 1.54) is 6.92 Å². The number of H-pyrrole nitrogens is 1. The SMILES string of the molecule is CC(=O)Nc1ccc(OCC(=O)NCc2nc3ccccc3[nH]2)cc1. The maximum absolute atomic E-state index is 11.9. The molecule has 128 valence electrons. The molecular formula is C18H18N4O3. The van der Waals surface area contributed by atoms with Crippen LogP contribution >= 0.6 is 0 Å². The van der Waals surface area contributed by atoms with E-state index >= 15 is 0 Å². The van der Waals surface area contributed by atoms with Crippen LogP contribution < -0.4 is 15.4 Å². The van der Waals surface area contributed by atoms with E-state index in [4.69, 9.17) is 4.74 Å². The molecule has 0 radical (unpaired) electrons. The summed E-state index contributed by atoms with van der Waals surface area (Å²) in [5.41, 5.74) is 2.47. The number of imidazole rings is 1. The van der Waals surface area contributed by atoms with Crippen LogP contribution in [0.15, 0.2) is 48.5 Å². The normalized spacial score (nSPS) is 10.4. The van der Waals surface area contributed by atoms with Gasteiger partial charge in [0.2, 0.25) is 5.91 Å². The van der Waals surface area contributed by atoms with E-state index in [0.29, 0.717) is 23.8 Å². The van der Waals surface area contributed by atoms with E-state index in [-0.39, 0.29) is 18.4 Å². The number of para-hydroxylation sites is 2. The molecule has 0 unspecified atom stereocenters. The Morgan fingerprint density at radius 3 is 2.60 bits per heavy atom. The van der Waals surface area contributed by atoms with Gasteiger partial charge in [-0.3, -0.25) is 9.59 Å². The molecule has 3 aromatic rings. The number of nitrogens with zero attached hydrogens (tertiary/aromatic N) is 1. The van der Waals surface area contributed by atoms with Crippen molar-refractivity contribution in [3.63, 3.8) is 0 Å². The lowest BCUT2D eigenvalue weighted by Crippen LogP contribution is -2.28. The first-order chi connectivity index (χ1) is 12.1. The molecule has 0 saturated carbocycles. The molecule has 3 N–H and O–H groups in total. The van der Waals surface area contributed by atoms with Crippen molar-refractivity contribution in [1.82, 2.24) is 15.3 Å². The first-order valence-corrected chi connectivity index (χ1v) is 7.81. The van der Waals surface area contributed by atoms with Gasteiger partial charge in [-0.2, -0.15) is 0 Å². The van der Waals surface area contributed by atoms with Crippen molar-refractivity contribution in [3.05, 3.63) is 54.4 Å². The largest absolute Gasteiger partial charge is 0.484 e. The Balaban J connectivity index is 1.47. The Hall–Kier alpha value is -3.35. The van der Waals surface area contributed by atoms with Crippen LogP contribution in [0.4, 0.5) is 5.69 Å². The lowest BCUT2D eigenvalue weighted by Gasteiger charge is -2.07. The van der Waals surface area contributed by atoms with Crippen molar-refractivity contribution in [2.24, 2.45) is 0 Å². The van der Waals surface area contributed by atoms with Crippen molar-refractivity contribution >= 4 is 28.5 Å². The number of fused-ring (bicyclic) bond motifs is 1. The van der Waals surface area contributed by atoms with Crippen LogP contribution in [-0.4, -0.2) is 28.4 Å². The summed E-state index contributed by atoms with van der Waals surface area (Å²) in [6.07, 6.45) is 0. The van der Waals surface area contributed by atoms with Crippen molar-refractivity contribution in [3.8, 4) is 5.75 Å². The third-order valence-corrected chi connectivity index (χ3v) is 3.44. The summed E-state index contributed by atoms with van der Waals surface area (Å²) in [7, 11) is 0. The lowest BCUT2D eigenvalue weighted by atomic mass is 10.3. The minimum atomic E-state index is -0.244. The average Bonchev–Trinajstić information content (AvgIpc) is 3.02. The highest BCUT2D eigenvalue weighted by Crippen LogP contribution is 2.15. The topological polar surface area (TPSA) is 96.1 Å².